The van der Waals surface area contributed by atoms with E-state index in [1.807, 2.05) is 76.2 Å². The van der Waals surface area contributed by atoms with E-state index in [0.717, 1.165) is 15.6 Å². The molecule has 0 aliphatic heterocycles. The van der Waals surface area contributed by atoms with Crippen LogP contribution in [-0.2, 0) is 9.59 Å². The fourth-order valence-electron chi connectivity index (χ4n) is 2.94. The molecule has 0 bridgehead atoms. The summed E-state index contributed by atoms with van der Waals surface area (Å²) in [6.45, 7) is 11.4. The quantitative estimate of drug-likeness (QED) is 0.615. The van der Waals surface area contributed by atoms with Crippen molar-refractivity contribution < 1.29 is 9.59 Å². The van der Waals surface area contributed by atoms with Crippen LogP contribution in [-0.4, -0.2) is 17.4 Å². The van der Waals surface area contributed by atoms with Gasteiger partial charge in [-0.15, -0.1) is 6.58 Å². The molecule has 28 heavy (non-hydrogen) atoms. The Kier molecular flexibility index (Phi) is 7.19. The number of hydrogen-bond donors (Lipinski definition) is 1. The fourth-order valence-corrected chi connectivity index (χ4v) is 3.62. The van der Waals surface area contributed by atoms with Crippen molar-refractivity contribution in [1.29, 1.82) is 0 Å². The molecular weight excluding hydrogens is 416 g/mol. The van der Waals surface area contributed by atoms with E-state index in [2.05, 4.69) is 27.8 Å². The number of anilines is 1. The third kappa shape index (κ3) is 5.55. The van der Waals surface area contributed by atoms with Crippen LogP contribution in [0.1, 0.15) is 44.4 Å². The van der Waals surface area contributed by atoms with E-state index in [1.54, 1.807) is 11.0 Å². The maximum absolute atomic E-state index is 13.3. The maximum atomic E-state index is 13.3. The number of benzene rings is 2. The molecule has 2 aromatic carbocycles. The van der Waals surface area contributed by atoms with Gasteiger partial charge in [-0.2, -0.15) is 0 Å². The second kappa shape index (κ2) is 9.20. The van der Waals surface area contributed by atoms with Crippen molar-refractivity contribution in [3.8, 4) is 0 Å². The van der Waals surface area contributed by atoms with Gasteiger partial charge in [0.05, 0.1) is 5.69 Å². The van der Waals surface area contributed by atoms with Crippen LogP contribution >= 0.6 is 15.9 Å². The van der Waals surface area contributed by atoms with Gasteiger partial charge in [0.15, 0.2) is 0 Å². The predicted octanol–water partition coefficient (Wildman–Crippen LogP) is 5.32. The van der Waals surface area contributed by atoms with Crippen LogP contribution in [0, 0.1) is 6.92 Å². The maximum Gasteiger partial charge on any atom is 0.248 e. The lowest BCUT2D eigenvalue weighted by Gasteiger charge is -2.34. The summed E-state index contributed by atoms with van der Waals surface area (Å²) in [4.78, 5) is 28.0. The van der Waals surface area contributed by atoms with Gasteiger partial charge in [0, 0.05) is 16.4 Å². The molecule has 0 saturated heterocycles. The molecule has 0 fully saturated rings. The number of nitrogens with zero attached hydrogens (tertiary/aromatic N) is 1. The fraction of sp³-hybridized carbons (Fsp3) is 0.304. The number of amides is 2. The van der Waals surface area contributed by atoms with Gasteiger partial charge in [0.1, 0.15) is 6.04 Å². The third-order valence-corrected chi connectivity index (χ3v) is 4.71. The van der Waals surface area contributed by atoms with E-state index in [4.69, 9.17) is 0 Å². The smallest absolute Gasteiger partial charge is 0.248 e. The van der Waals surface area contributed by atoms with Gasteiger partial charge >= 0.3 is 0 Å². The number of rotatable bonds is 6. The van der Waals surface area contributed by atoms with Gasteiger partial charge in [-0.25, -0.2) is 0 Å². The summed E-state index contributed by atoms with van der Waals surface area (Å²) in [5.74, 6) is -0.430. The van der Waals surface area contributed by atoms with Gasteiger partial charge in [-0.05, 0) is 66.9 Å². The summed E-state index contributed by atoms with van der Waals surface area (Å²) in [6.07, 6.45) is 1.69. The van der Waals surface area contributed by atoms with E-state index in [9.17, 15) is 9.59 Å². The molecule has 1 N–H and O–H groups in total. The Labute approximate surface area is 175 Å². The van der Waals surface area contributed by atoms with Crippen molar-refractivity contribution in [2.75, 3.05) is 4.90 Å². The SMILES string of the molecule is C=CCC(=O)N(c1ccc(C)cc1Br)C(C(=O)NC(C)(C)C)c1ccccc1. The lowest BCUT2D eigenvalue weighted by Crippen LogP contribution is -2.49. The first kappa shape index (κ1) is 21.9. The molecule has 2 aromatic rings. The number of aryl methyl sites for hydroxylation is 1. The molecule has 0 aliphatic rings. The summed E-state index contributed by atoms with van der Waals surface area (Å²) >= 11 is 3.57. The minimum Gasteiger partial charge on any atom is -0.349 e. The molecule has 0 spiro atoms. The highest BCUT2D eigenvalue weighted by Gasteiger charge is 2.34. The predicted molar refractivity (Wildman–Crippen MR) is 118 cm³/mol. The number of nitrogens with one attached hydrogen (secondary N) is 1. The molecule has 148 valence electrons. The topological polar surface area (TPSA) is 49.4 Å². The summed E-state index contributed by atoms with van der Waals surface area (Å²) < 4.78 is 0.759. The molecule has 2 amide bonds. The summed E-state index contributed by atoms with van der Waals surface area (Å²) in [5, 5.41) is 3.02. The van der Waals surface area contributed by atoms with Gasteiger partial charge in [-0.1, -0.05) is 42.5 Å². The number of hydrogen-bond acceptors (Lipinski definition) is 2. The van der Waals surface area contributed by atoms with E-state index >= 15 is 0 Å². The van der Waals surface area contributed by atoms with Gasteiger partial charge in [0.2, 0.25) is 11.8 Å². The van der Waals surface area contributed by atoms with Gasteiger partial charge in [-0.3, -0.25) is 14.5 Å². The molecule has 0 aromatic heterocycles. The average molecular weight is 443 g/mol. The van der Waals surface area contributed by atoms with Crippen LogP contribution in [0.4, 0.5) is 5.69 Å². The first-order valence-electron chi connectivity index (χ1n) is 9.20. The second-order valence-corrected chi connectivity index (χ2v) is 8.62. The van der Waals surface area contributed by atoms with Crippen LogP contribution < -0.4 is 10.2 Å². The average Bonchev–Trinajstić information content (AvgIpc) is 2.59. The van der Waals surface area contributed by atoms with Crippen molar-refractivity contribution in [1.82, 2.24) is 5.32 Å². The van der Waals surface area contributed by atoms with Crippen LogP contribution in [0.25, 0.3) is 0 Å². The minimum absolute atomic E-state index is 0.131. The Morgan fingerprint density at radius 3 is 2.36 bits per heavy atom. The first-order chi connectivity index (χ1) is 13.1. The standard InChI is InChI=1S/C23H27BrN2O2/c1-6-10-20(27)26(19-14-13-16(2)15-18(19)24)21(17-11-8-7-9-12-17)22(28)25-23(3,4)5/h6-9,11-15,21H,1,10H2,2-5H3,(H,25,28). The zero-order valence-electron chi connectivity index (χ0n) is 16.8. The van der Waals surface area contributed by atoms with Crippen molar-refractivity contribution in [2.24, 2.45) is 0 Å². The molecule has 5 heteroatoms. The molecule has 0 radical (unpaired) electrons. The Bertz CT molecular complexity index is 857. The summed E-state index contributed by atoms with van der Waals surface area (Å²) in [6, 6.07) is 14.3. The van der Waals surface area contributed by atoms with Crippen LogP contribution in [0.2, 0.25) is 0 Å². The zero-order chi connectivity index (χ0) is 20.9. The summed E-state index contributed by atoms with van der Waals surface area (Å²) in [7, 11) is 0. The van der Waals surface area contributed by atoms with Crippen LogP contribution in [0.15, 0.2) is 65.7 Å². The van der Waals surface area contributed by atoms with Gasteiger partial charge in [0.25, 0.3) is 0 Å². The van der Waals surface area contributed by atoms with E-state index < -0.39 is 11.6 Å². The van der Waals surface area contributed by atoms with Gasteiger partial charge < -0.3 is 5.32 Å². The van der Waals surface area contributed by atoms with E-state index in [1.165, 1.54) is 0 Å². The zero-order valence-corrected chi connectivity index (χ0v) is 18.4. The highest BCUT2D eigenvalue weighted by molar-refractivity contribution is 9.10. The van der Waals surface area contributed by atoms with Crippen molar-refractivity contribution >= 4 is 33.4 Å². The molecule has 2 rings (SSSR count). The minimum atomic E-state index is -0.799. The third-order valence-electron chi connectivity index (χ3n) is 4.07. The Morgan fingerprint density at radius 2 is 1.82 bits per heavy atom. The molecule has 4 nitrogen and oxygen atoms in total. The molecule has 0 heterocycles. The Hall–Kier alpha value is -2.40. The molecule has 1 unspecified atom stereocenters. The van der Waals surface area contributed by atoms with E-state index in [-0.39, 0.29) is 18.2 Å². The van der Waals surface area contributed by atoms with E-state index in [0.29, 0.717) is 5.69 Å². The van der Waals surface area contributed by atoms with Crippen molar-refractivity contribution in [2.45, 2.75) is 45.7 Å². The highest BCUT2D eigenvalue weighted by Crippen LogP contribution is 2.35. The molecule has 1 atom stereocenters. The lowest BCUT2D eigenvalue weighted by atomic mass is 10.0. The number of halogens is 1. The first-order valence-corrected chi connectivity index (χ1v) is 9.99. The number of carbonyl (C=O) groups excluding carboxylic acids is 2. The van der Waals surface area contributed by atoms with Crippen molar-refractivity contribution in [3.63, 3.8) is 0 Å². The molecular formula is C23H27BrN2O2. The largest absolute Gasteiger partial charge is 0.349 e. The normalized spacial score (nSPS) is 12.2. The van der Waals surface area contributed by atoms with Crippen LogP contribution in [0.3, 0.4) is 0 Å². The highest BCUT2D eigenvalue weighted by atomic mass is 79.9. The van der Waals surface area contributed by atoms with Crippen LogP contribution in [0.5, 0.6) is 0 Å². The Balaban J connectivity index is 2.65. The lowest BCUT2D eigenvalue weighted by molar-refractivity contribution is -0.127. The Morgan fingerprint density at radius 1 is 1.18 bits per heavy atom. The van der Waals surface area contributed by atoms with Crippen molar-refractivity contribution in [3.05, 3.63) is 76.8 Å². The monoisotopic (exact) mass is 442 g/mol. The molecule has 0 saturated carbocycles. The summed E-state index contributed by atoms with van der Waals surface area (Å²) in [5.41, 5.74) is 2.02. The number of carbonyl (C=O) groups is 2. The molecule has 0 aliphatic carbocycles. The second-order valence-electron chi connectivity index (χ2n) is 7.76.